The number of piperidine rings is 1. The first-order chi connectivity index (χ1) is 11.2. The van der Waals surface area contributed by atoms with Crippen LogP contribution in [0.3, 0.4) is 0 Å². The van der Waals surface area contributed by atoms with E-state index in [9.17, 15) is 0 Å². The van der Waals surface area contributed by atoms with Gasteiger partial charge in [-0.25, -0.2) is 0 Å². The van der Waals surface area contributed by atoms with Gasteiger partial charge in [0.25, 0.3) is 0 Å². The molecule has 2 N–H and O–H groups in total. The zero-order chi connectivity index (χ0) is 16.5. The van der Waals surface area contributed by atoms with E-state index in [-0.39, 0.29) is 24.0 Å². The largest absolute Gasteiger partial charge is 0.383 e. The van der Waals surface area contributed by atoms with Gasteiger partial charge in [0.2, 0.25) is 0 Å². The second-order valence-electron chi connectivity index (χ2n) is 6.12. The smallest absolute Gasteiger partial charge is 0.191 e. The zero-order valence-electron chi connectivity index (χ0n) is 15.0. The van der Waals surface area contributed by atoms with Crippen LogP contribution in [-0.4, -0.2) is 63.8 Å². The van der Waals surface area contributed by atoms with E-state index in [4.69, 9.17) is 4.74 Å². The van der Waals surface area contributed by atoms with Gasteiger partial charge in [-0.1, -0.05) is 13.0 Å². The van der Waals surface area contributed by atoms with Gasteiger partial charge in [-0.3, -0.25) is 4.99 Å². The number of ether oxygens (including phenoxy) is 1. The van der Waals surface area contributed by atoms with Gasteiger partial charge >= 0.3 is 0 Å². The molecule has 0 spiro atoms. The summed E-state index contributed by atoms with van der Waals surface area (Å²) in [4.78, 5) is 8.25. The summed E-state index contributed by atoms with van der Waals surface area (Å²) in [6.07, 6.45) is 2.32. The molecule has 138 valence electrons. The number of aliphatic imine (C=N–C) groups is 1. The number of nitrogens with zero attached hydrogens (tertiary/aromatic N) is 2. The molecule has 7 heteroatoms. The van der Waals surface area contributed by atoms with Gasteiger partial charge in [-0.15, -0.1) is 35.3 Å². The highest BCUT2D eigenvalue weighted by atomic mass is 127. The fourth-order valence-electron chi connectivity index (χ4n) is 2.83. The fourth-order valence-corrected chi connectivity index (χ4v) is 3.62. The lowest BCUT2D eigenvalue weighted by atomic mass is 10.1. The van der Waals surface area contributed by atoms with E-state index in [1.807, 2.05) is 18.4 Å². The van der Waals surface area contributed by atoms with Gasteiger partial charge in [-0.05, 0) is 24.3 Å². The molecule has 0 bridgehead atoms. The summed E-state index contributed by atoms with van der Waals surface area (Å²) in [5, 5.41) is 9.16. The third-order valence-corrected chi connectivity index (χ3v) is 5.47. The summed E-state index contributed by atoms with van der Waals surface area (Å²) in [7, 11) is 3.61. The Morgan fingerprint density at radius 3 is 2.79 bits per heavy atom. The van der Waals surface area contributed by atoms with Crippen LogP contribution in [0.2, 0.25) is 0 Å². The third-order valence-electron chi connectivity index (χ3n) is 4.37. The number of halogens is 1. The number of likely N-dealkylation sites (tertiary alicyclic amines) is 1. The molecule has 1 aliphatic heterocycles. The van der Waals surface area contributed by atoms with Crippen LogP contribution < -0.4 is 10.6 Å². The SMILES string of the molecule is CN=C(NCC(C)c1cccs1)NC1CCN(CCOC)CC1.I. The third kappa shape index (κ3) is 7.25. The lowest BCUT2D eigenvalue weighted by molar-refractivity contribution is 0.128. The maximum absolute atomic E-state index is 5.15. The van der Waals surface area contributed by atoms with Crippen molar-refractivity contribution in [3.05, 3.63) is 22.4 Å². The van der Waals surface area contributed by atoms with Crippen LogP contribution >= 0.6 is 35.3 Å². The van der Waals surface area contributed by atoms with E-state index >= 15 is 0 Å². The molecule has 5 nitrogen and oxygen atoms in total. The Balaban J connectivity index is 0.00000288. The normalized spacial score (nSPS) is 18.0. The number of thiophene rings is 1. The highest BCUT2D eigenvalue weighted by Gasteiger charge is 2.19. The Morgan fingerprint density at radius 1 is 1.46 bits per heavy atom. The zero-order valence-corrected chi connectivity index (χ0v) is 18.1. The Labute approximate surface area is 167 Å². The molecule has 0 amide bonds. The van der Waals surface area contributed by atoms with E-state index in [0.29, 0.717) is 12.0 Å². The Kier molecular flexibility index (Phi) is 10.9. The molecule has 1 fully saturated rings. The van der Waals surface area contributed by atoms with Gasteiger partial charge in [-0.2, -0.15) is 0 Å². The lowest BCUT2D eigenvalue weighted by Crippen LogP contribution is -2.49. The molecule has 1 saturated heterocycles. The summed E-state index contributed by atoms with van der Waals surface area (Å²) in [6, 6.07) is 4.82. The fraction of sp³-hybridized carbons (Fsp3) is 0.706. The van der Waals surface area contributed by atoms with Crippen molar-refractivity contribution < 1.29 is 4.74 Å². The van der Waals surface area contributed by atoms with Crippen LogP contribution in [0.1, 0.15) is 30.6 Å². The molecule has 1 atom stereocenters. The summed E-state index contributed by atoms with van der Waals surface area (Å²) in [5.41, 5.74) is 0. The second kappa shape index (κ2) is 12.1. The molecular formula is C17H31IN4OS. The van der Waals surface area contributed by atoms with Crippen molar-refractivity contribution >= 4 is 41.3 Å². The van der Waals surface area contributed by atoms with Crippen LogP contribution in [-0.2, 0) is 4.74 Å². The molecule has 1 aliphatic rings. The molecule has 0 radical (unpaired) electrons. The van der Waals surface area contributed by atoms with Crippen molar-refractivity contribution in [2.45, 2.75) is 31.7 Å². The molecule has 1 aromatic rings. The van der Waals surface area contributed by atoms with Crippen LogP contribution in [0.15, 0.2) is 22.5 Å². The van der Waals surface area contributed by atoms with Gasteiger partial charge in [0.1, 0.15) is 0 Å². The van der Waals surface area contributed by atoms with E-state index in [2.05, 4.69) is 45.0 Å². The first kappa shape index (κ1) is 21.7. The molecule has 1 unspecified atom stereocenters. The van der Waals surface area contributed by atoms with E-state index in [0.717, 1.165) is 51.6 Å². The first-order valence-corrected chi connectivity index (χ1v) is 9.32. The second-order valence-corrected chi connectivity index (χ2v) is 7.10. The average Bonchev–Trinajstić information content (AvgIpc) is 3.12. The van der Waals surface area contributed by atoms with Gasteiger partial charge in [0.15, 0.2) is 5.96 Å². The maximum Gasteiger partial charge on any atom is 0.191 e. The van der Waals surface area contributed by atoms with E-state index in [1.165, 1.54) is 4.88 Å². The van der Waals surface area contributed by atoms with Crippen LogP contribution in [0, 0.1) is 0 Å². The molecule has 0 aromatic carbocycles. The standard InChI is InChI=1S/C17H30N4OS.HI/c1-14(16-5-4-12-23-16)13-19-17(18-2)20-15-6-8-21(9-7-15)10-11-22-3;/h4-5,12,14-15H,6-11,13H2,1-3H3,(H2,18,19,20);1H. The van der Waals surface area contributed by atoms with Crippen molar-refractivity contribution in [2.75, 3.05) is 46.9 Å². The van der Waals surface area contributed by atoms with Crippen molar-refractivity contribution in [3.8, 4) is 0 Å². The highest BCUT2D eigenvalue weighted by molar-refractivity contribution is 14.0. The molecule has 24 heavy (non-hydrogen) atoms. The Morgan fingerprint density at radius 2 is 2.21 bits per heavy atom. The molecule has 2 heterocycles. The van der Waals surface area contributed by atoms with Crippen molar-refractivity contribution in [1.82, 2.24) is 15.5 Å². The number of hydrogen-bond acceptors (Lipinski definition) is 4. The molecular weight excluding hydrogens is 435 g/mol. The average molecular weight is 466 g/mol. The van der Waals surface area contributed by atoms with Gasteiger partial charge in [0.05, 0.1) is 6.61 Å². The molecule has 0 aliphatic carbocycles. The number of hydrogen-bond donors (Lipinski definition) is 2. The van der Waals surface area contributed by atoms with Crippen LogP contribution in [0.4, 0.5) is 0 Å². The highest BCUT2D eigenvalue weighted by Crippen LogP contribution is 2.19. The number of rotatable bonds is 7. The topological polar surface area (TPSA) is 48.9 Å². The Hall–Kier alpha value is -0.380. The number of guanidine groups is 1. The van der Waals surface area contributed by atoms with Crippen molar-refractivity contribution in [3.63, 3.8) is 0 Å². The van der Waals surface area contributed by atoms with Crippen molar-refractivity contribution in [2.24, 2.45) is 4.99 Å². The summed E-state index contributed by atoms with van der Waals surface area (Å²) < 4.78 is 5.15. The van der Waals surface area contributed by atoms with E-state index in [1.54, 1.807) is 7.11 Å². The predicted molar refractivity (Wildman–Crippen MR) is 114 cm³/mol. The van der Waals surface area contributed by atoms with Crippen LogP contribution in [0.5, 0.6) is 0 Å². The van der Waals surface area contributed by atoms with E-state index < -0.39 is 0 Å². The number of nitrogens with one attached hydrogen (secondary N) is 2. The van der Waals surface area contributed by atoms with Crippen LogP contribution in [0.25, 0.3) is 0 Å². The van der Waals surface area contributed by atoms with Crippen molar-refractivity contribution in [1.29, 1.82) is 0 Å². The maximum atomic E-state index is 5.15. The summed E-state index contributed by atoms with van der Waals surface area (Å²) >= 11 is 1.82. The summed E-state index contributed by atoms with van der Waals surface area (Å²) in [6.45, 7) is 7.27. The molecule has 0 saturated carbocycles. The lowest BCUT2D eigenvalue weighted by Gasteiger charge is -2.33. The minimum Gasteiger partial charge on any atom is -0.383 e. The monoisotopic (exact) mass is 466 g/mol. The molecule has 1 aromatic heterocycles. The van der Waals surface area contributed by atoms with Gasteiger partial charge < -0.3 is 20.3 Å². The minimum atomic E-state index is 0. The number of methoxy groups -OCH3 is 1. The quantitative estimate of drug-likeness (QED) is 0.369. The minimum absolute atomic E-state index is 0. The van der Waals surface area contributed by atoms with Gasteiger partial charge in [0, 0.05) is 57.2 Å². The first-order valence-electron chi connectivity index (χ1n) is 8.44. The molecule has 2 rings (SSSR count). The Bertz CT molecular complexity index is 461. The predicted octanol–water partition coefficient (Wildman–Crippen LogP) is 2.75. The summed E-state index contributed by atoms with van der Waals surface area (Å²) in [5.74, 6) is 1.42.